The van der Waals surface area contributed by atoms with Crippen LogP contribution < -0.4 is 0 Å². The highest BCUT2D eigenvalue weighted by molar-refractivity contribution is 5.82. The number of carbonyl (C=O) groups is 2. The predicted octanol–water partition coefficient (Wildman–Crippen LogP) is 1.90. The summed E-state index contributed by atoms with van der Waals surface area (Å²) in [6.07, 6.45) is -3.57. The normalized spacial score (nSPS) is 22.7. The minimum absolute atomic E-state index is 0.0465. The number of halogens is 3. The number of likely N-dealkylation sites (tertiary alicyclic amines) is 1. The summed E-state index contributed by atoms with van der Waals surface area (Å²) in [6, 6.07) is 0. The van der Waals surface area contributed by atoms with Crippen molar-refractivity contribution in [3.63, 3.8) is 0 Å². The number of hydrogen-bond donors (Lipinski definition) is 1. The average Bonchev–Trinajstić information content (AvgIpc) is 2.27. The molecule has 1 amide bonds. The zero-order chi connectivity index (χ0) is 13.9. The van der Waals surface area contributed by atoms with Gasteiger partial charge in [0.1, 0.15) is 0 Å². The number of nitrogens with zero attached hydrogens (tertiary/aromatic N) is 1. The Morgan fingerprint density at radius 1 is 1.44 bits per heavy atom. The van der Waals surface area contributed by atoms with Gasteiger partial charge in [0.2, 0.25) is 0 Å². The smallest absolute Gasteiger partial charge is 0.471 e. The molecule has 1 N–H and O–H groups in total. The van der Waals surface area contributed by atoms with Crippen molar-refractivity contribution < 1.29 is 27.9 Å². The van der Waals surface area contributed by atoms with Crippen molar-refractivity contribution in [1.29, 1.82) is 0 Å². The Labute approximate surface area is 103 Å². The molecule has 1 aliphatic rings. The first-order chi connectivity index (χ1) is 8.27. The molecule has 1 heterocycles. The molecule has 7 heteroatoms. The fourth-order valence-corrected chi connectivity index (χ4v) is 2.41. The summed E-state index contributed by atoms with van der Waals surface area (Å²) in [6.45, 7) is 1.61. The minimum atomic E-state index is -4.88. The van der Waals surface area contributed by atoms with E-state index >= 15 is 0 Å². The highest BCUT2D eigenvalue weighted by Crippen LogP contribution is 2.29. The maximum Gasteiger partial charge on any atom is 0.471 e. The van der Waals surface area contributed by atoms with E-state index in [0.717, 1.165) is 4.90 Å². The van der Waals surface area contributed by atoms with Crippen LogP contribution in [0.4, 0.5) is 13.2 Å². The average molecular weight is 267 g/mol. The molecule has 2 unspecified atom stereocenters. The van der Waals surface area contributed by atoms with Crippen molar-refractivity contribution in [1.82, 2.24) is 4.90 Å². The third-order valence-corrected chi connectivity index (χ3v) is 3.31. The lowest BCUT2D eigenvalue weighted by Gasteiger charge is -2.35. The van der Waals surface area contributed by atoms with Crippen molar-refractivity contribution in [2.75, 3.05) is 13.1 Å². The van der Waals surface area contributed by atoms with E-state index in [1.54, 1.807) is 6.92 Å². The Morgan fingerprint density at radius 2 is 2.06 bits per heavy atom. The van der Waals surface area contributed by atoms with Crippen LogP contribution in [0.3, 0.4) is 0 Å². The first-order valence-corrected chi connectivity index (χ1v) is 5.86. The fraction of sp³-hybridized carbons (Fsp3) is 0.818. The molecule has 1 fully saturated rings. The maximum atomic E-state index is 12.3. The zero-order valence-corrected chi connectivity index (χ0v) is 10.0. The van der Waals surface area contributed by atoms with Gasteiger partial charge in [-0.25, -0.2) is 0 Å². The molecular formula is C11H16F3NO3. The van der Waals surface area contributed by atoms with Gasteiger partial charge in [0.15, 0.2) is 0 Å². The Kier molecular flexibility index (Phi) is 4.59. The number of rotatable bonds is 3. The van der Waals surface area contributed by atoms with Crippen molar-refractivity contribution in [3.8, 4) is 0 Å². The second-order valence-corrected chi connectivity index (χ2v) is 4.50. The quantitative estimate of drug-likeness (QED) is 0.849. The van der Waals surface area contributed by atoms with Gasteiger partial charge in [0, 0.05) is 13.1 Å². The Balaban J connectivity index is 2.72. The van der Waals surface area contributed by atoms with Gasteiger partial charge < -0.3 is 10.0 Å². The van der Waals surface area contributed by atoms with E-state index in [2.05, 4.69) is 0 Å². The largest absolute Gasteiger partial charge is 0.481 e. The van der Waals surface area contributed by atoms with Crippen LogP contribution in [-0.4, -0.2) is 41.1 Å². The number of hydrogen-bond acceptors (Lipinski definition) is 2. The number of carboxylic acids is 1. The summed E-state index contributed by atoms with van der Waals surface area (Å²) in [4.78, 5) is 22.8. The van der Waals surface area contributed by atoms with Crippen LogP contribution in [0, 0.1) is 11.8 Å². The van der Waals surface area contributed by atoms with Crippen LogP contribution in [-0.2, 0) is 9.59 Å². The van der Waals surface area contributed by atoms with Gasteiger partial charge in [0.25, 0.3) is 0 Å². The summed E-state index contributed by atoms with van der Waals surface area (Å²) in [5, 5.41) is 8.98. The molecule has 0 aliphatic carbocycles. The van der Waals surface area contributed by atoms with Gasteiger partial charge in [-0.1, -0.05) is 6.92 Å². The summed E-state index contributed by atoms with van der Waals surface area (Å²) in [7, 11) is 0. The fourth-order valence-electron chi connectivity index (χ4n) is 2.41. The van der Waals surface area contributed by atoms with Crippen molar-refractivity contribution in [2.45, 2.75) is 32.4 Å². The standard InChI is InChI=1S/C11H16F3NO3/c1-2-8(9(16)17)7-4-3-5-15(6-7)10(18)11(12,13)14/h7-8H,2-6H2,1H3,(H,16,17). The van der Waals surface area contributed by atoms with Gasteiger partial charge in [-0.3, -0.25) is 9.59 Å². The number of carboxylic acid groups (broad SMARTS) is 1. The number of carbonyl (C=O) groups excluding carboxylic acids is 1. The summed E-state index contributed by atoms with van der Waals surface area (Å²) in [5.74, 6) is -3.96. The van der Waals surface area contributed by atoms with Crippen LogP contribution in [0.1, 0.15) is 26.2 Å². The Bertz CT molecular complexity index is 330. The van der Waals surface area contributed by atoms with E-state index in [-0.39, 0.29) is 13.1 Å². The highest BCUT2D eigenvalue weighted by atomic mass is 19.4. The van der Waals surface area contributed by atoms with Gasteiger partial charge >= 0.3 is 18.1 Å². The van der Waals surface area contributed by atoms with E-state index in [0.29, 0.717) is 19.3 Å². The lowest BCUT2D eigenvalue weighted by molar-refractivity contribution is -0.187. The minimum Gasteiger partial charge on any atom is -0.481 e. The molecule has 18 heavy (non-hydrogen) atoms. The molecule has 0 aromatic rings. The second-order valence-electron chi connectivity index (χ2n) is 4.50. The number of aliphatic carboxylic acids is 1. The van der Waals surface area contributed by atoms with E-state index in [4.69, 9.17) is 5.11 Å². The summed E-state index contributed by atoms with van der Waals surface area (Å²) < 4.78 is 36.9. The molecule has 0 saturated carbocycles. The third kappa shape index (κ3) is 3.36. The van der Waals surface area contributed by atoms with Crippen molar-refractivity contribution >= 4 is 11.9 Å². The predicted molar refractivity (Wildman–Crippen MR) is 56.8 cm³/mol. The number of piperidine rings is 1. The molecule has 0 aromatic heterocycles. The monoisotopic (exact) mass is 267 g/mol. The zero-order valence-electron chi connectivity index (χ0n) is 10.0. The van der Waals surface area contributed by atoms with Crippen LogP contribution in [0.15, 0.2) is 0 Å². The highest BCUT2D eigenvalue weighted by Gasteiger charge is 2.44. The molecule has 104 valence electrons. The molecule has 1 saturated heterocycles. The molecule has 0 bridgehead atoms. The van der Waals surface area contributed by atoms with E-state index < -0.39 is 29.9 Å². The van der Waals surface area contributed by atoms with Crippen LogP contribution in [0.5, 0.6) is 0 Å². The van der Waals surface area contributed by atoms with E-state index in [9.17, 15) is 22.8 Å². The number of amides is 1. The maximum absolute atomic E-state index is 12.3. The third-order valence-electron chi connectivity index (χ3n) is 3.31. The molecule has 1 aliphatic heterocycles. The molecule has 1 rings (SSSR count). The molecule has 4 nitrogen and oxygen atoms in total. The van der Waals surface area contributed by atoms with E-state index in [1.807, 2.05) is 0 Å². The van der Waals surface area contributed by atoms with Crippen LogP contribution in [0.25, 0.3) is 0 Å². The Hall–Kier alpha value is -1.27. The van der Waals surface area contributed by atoms with Gasteiger partial charge in [-0.05, 0) is 25.2 Å². The van der Waals surface area contributed by atoms with Gasteiger partial charge in [-0.2, -0.15) is 13.2 Å². The van der Waals surface area contributed by atoms with Crippen molar-refractivity contribution in [3.05, 3.63) is 0 Å². The first-order valence-electron chi connectivity index (χ1n) is 5.86. The SMILES string of the molecule is CCC(C(=O)O)C1CCCN(C(=O)C(F)(F)F)C1. The van der Waals surface area contributed by atoms with Crippen LogP contribution in [0.2, 0.25) is 0 Å². The molecule has 0 spiro atoms. The second kappa shape index (κ2) is 5.58. The molecule has 0 aromatic carbocycles. The summed E-state index contributed by atoms with van der Waals surface area (Å²) >= 11 is 0. The lowest BCUT2D eigenvalue weighted by Crippen LogP contribution is -2.48. The first kappa shape index (κ1) is 14.8. The molecule has 2 atom stereocenters. The summed E-state index contributed by atoms with van der Waals surface area (Å²) in [5.41, 5.74) is 0. The van der Waals surface area contributed by atoms with Gasteiger partial charge in [-0.15, -0.1) is 0 Å². The lowest BCUT2D eigenvalue weighted by atomic mass is 9.84. The van der Waals surface area contributed by atoms with Gasteiger partial charge in [0.05, 0.1) is 5.92 Å². The molecule has 0 radical (unpaired) electrons. The van der Waals surface area contributed by atoms with Crippen LogP contribution >= 0.6 is 0 Å². The van der Waals surface area contributed by atoms with Crippen molar-refractivity contribution in [2.24, 2.45) is 11.8 Å². The topological polar surface area (TPSA) is 57.6 Å². The van der Waals surface area contributed by atoms with E-state index in [1.165, 1.54) is 0 Å². The molecular weight excluding hydrogens is 251 g/mol. The Morgan fingerprint density at radius 3 is 2.50 bits per heavy atom. The number of alkyl halides is 3.